The number of nitrogens with zero attached hydrogens (tertiary/aromatic N) is 1. The van der Waals surface area contributed by atoms with Gasteiger partial charge in [0.05, 0.1) is 0 Å². The molecule has 0 aromatic carbocycles. The summed E-state index contributed by atoms with van der Waals surface area (Å²) in [6.45, 7) is 0.361. The van der Waals surface area contributed by atoms with E-state index in [0.29, 0.717) is 13.0 Å². The second-order valence-electron chi connectivity index (χ2n) is 2.07. The summed E-state index contributed by atoms with van der Waals surface area (Å²) < 4.78 is 0. The zero-order valence-corrected chi connectivity index (χ0v) is 5.41. The van der Waals surface area contributed by atoms with Gasteiger partial charge >= 0.3 is 0 Å². The van der Waals surface area contributed by atoms with Crippen LogP contribution in [0, 0.1) is 0 Å². The summed E-state index contributed by atoms with van der Waals surface area (Å²) in [6, 6.07) is 0. The fraction of sp³-hybridized carbons (Fsp3) is 0.600. The summed E-state index contributed by atoms with van der Waals surface area (Å²) in [7, 11) is 0. The van der Waals surface area contributed by atoms with Gasteiger partial charge in [0.25, 0.3) is 5.91 Å². The second-order valence-corrected chi connectivity index (χ2v) is 2.07. The van der Waals surface area contributed by atoms with Gasteiger partial charge in [0.15, 0.2) is 0 Å². The Morgan fingerprint density at radius 3 is 2.90 bits per heavy atom. The monoisotopic (exact) mass is 143 g/mol. The molecule has 0 unspecified atom stereocenters. The number of rotatable bonds is 2. The average molecular weight is 143 g/mol. The smallest absolute Gasteiger partial charge is 0.266 e. The topological polar surface area (TPSA) is 90.7 Å². The molecule has 1 atom stereocenters. The van der Waals surface area contributed by atoms with Crippen LogP contribution in [-0.4, -0.2) is 24.3 Å². The van der Waals surface area contributed by atoms with E-state index in [1.54, 1.807) is 0 Å². The van der Waals surface area contributed by atoms with Gasteiger partial charge < -0.3 is 16.3 Å². The summed E-state index contributed by atoms with van der Waals surface area (Å²) in [6.07, 6.45) is 0.272. The van der Waals surface area contributed by atoms with Crippen molar-refractivity contribution in [3.63, 3.8) is 0 Å². The molecule has 0 saturated heterocycles. The summed E-state index contributed by atoms with van der Waals surface area (Å²) in [5.74, 6) is -0.532. The highest BCUT2D eigenvalue weighted by atomic mass is 16.6. The third-order valence-corrected chi connectivity index (χ3v) is 1.28. The largest absolute Gasteiger partial charge is 0.390 e. The molecule has 1 heterocycles. The Hall–Kier alpha value is -1.10. The maximum Gasteiger partial charge on any atom is 0.266 e. The quantitative estimate of drug-likeness (QED) is 0.496. The van der Waals surface area contributed by atoms with Gasteiger partial charge in [-0.05, 0) is 0 Å². The Balaban J connectivity index is 2.47. The molecule has 4 N–H and O–H groups in total. The van der Waals surface area contributed by atoms with Gasteiger partial charge in [0.1, 0.15) is 11.8 Å². The van der Waals surface area contributed by atoms with E-state index in [-0.39, 0.29) is 11.8 Å². The maximum atomic E-state index is 10.4. The lowest BCUT2D eigenvalue weighted by Crippen LogP contribution is -2.26. The molecule has 1 aliphatic rings. The highest BCUT2D eigenvalue weighted by Crippen LogP contribution is 2.07. The number of hydrogen-bond donors (Lipinski definition) is 2. The van der Waals surface area contributed by atoms with Crippen molar-refractivity contribution >= 4 is 11.6 Å². The minimum atomic E-state index is -0.532. The minimum Gasteiger partial charge on any atom is -0.390 e. The zero-order chi connectivity index (χ0) is 7.56. The van der Waals surface area contributed by atoms with Gasteiger partial charge in [0.2, 0.25) is 0 Å². The van der Waals surface area contributed by atoms with E-state index >= 15 is 0 Å². The van der Waals surface area contributed by atoms with Crippen molar-refractivity contribution in [3.8, 4) is 0 Å². The molecule has 0 aliphatic carbocycles. The van der Waals surface area contributed by atoms with Crippen molar-refractivity contribution in [3.05, 3.63) is 0 Å². The molecule has 0 radical (unpaired) electrons. The number of carbonyl (C=O) groups excluding carboxylic acids is 1. The molecule has 0 spiro atoms. The summed E-state index contributed by atoms with van der Waals surface area (Å²) in [4.78, 5) is 15.2. The van der Waals surface area contributed by atoms with Gasteiger partial charge in [-0.25, -0.2) is 0 Å². The third-order valence-electron chi connectivity index (χ3n) is 1.28. The van der Waals surface area contributed by atoms with E-state index in [9.17, 15) is 4.79 Å². The SMILES string of the molecule is NC[C@H]1CC(C(N)=O)=NO1. The Bertz CT molecular complexity index is 178. The second kappa shape index (κ2) is 2.66. The first-order chi connectivity index (χ1) is 4.74. The van der Waals surface area contributed by atoms with Crippen LogP contribution >= 0.6 is 0 Å². The van der Waals surface area contributed by atoms with Crippen LogP contribution < -0.4 is 11.5 Å². The number of nitrogens with two attached hydrogens (primary N) is 2. The Labute approximate surface area is 58.0 Å². The predicted octanol–water partition coefficient (Wildman–Crippen LogP) is -1.42. The molecular weight excluding hydrogens is 134 g/mol. The standard InChI is InChI=1S/C5H9N3O2/c6-2-3-1-4(5(7)9)8-10-3/h3H,1-2,6H2,(H2,7,9)/t3-/m1/s1. The first kappa shape index (κ1) is 7.01. The lowest BCUT2D eigenvalue weighted by Gasteiger charge is -2.00. The summed E-state index contributed by atoms with van der Waals surface area (Å²) >= 11 is 0. The number of amides is 1. The molecule has 0 bridgehead atoms. The van der Waals surface area contributed by atoms with Gasteiger partial charge in [-0.1, -0.05) is 5.16 Å². The molecule has 5 nitrogen and oxygen atoms in total. The van der Waals surface area contributed by atoms with Crippen molar-refractivity contribution in [2.75, 3.05) is 6.54 Å². The minimum absolute atomic E-state index is 0.164. The Kier molecular flexibility index (Phi) is 1.86. The van der Waals surface area contributed by atoms with E-state index < -0.39 is 5.91 Å². The van der Waals surface area contributed by atoms with Crippen LogP contribution in [0.4, 0.5) is 0 Å². The summed E-state index contributed by atoms with van der Waals surface area (Å²) in [5.41, 5.74) is 10.4. The molecule has 0 fully saturated rings. The van der Waals surface area contributed by atoms with Gasteiger partial charge in [0, 0.05) is 13.0 Å². The maximum absolute atomic E-state index is 10.4. The van der Waals surface area contributed by atoms with Crippen LogP contribution in [0.2, 0.25) is 0 Å². The third kappa shape index (κ3) is 1.24. The van der Waals surface area contributed by atoms with Crippen LogP contribution in [0.25, 0.3) is 0 Å². The van der Waals surface area contributed by atoms with Gasteiger partial charge in [-0.15, -0.1) is 0 Å². The van der Waals surface area contributed by atoms with Gasteiger partial charge in [-0.2, -0.15) is 0 Å². The number of primary amides is 1. The van der Waals surface area contributed by atoms with Crippen molar-refractivity contribution in [1.29, 1.82) is 0 Å². The van der Waals surface area contributed by atoms with Crippen molar-refractivity contribution in [2.45, 2.75) is 12.5 Å². The van der Waals surface area contributed by atoms with Crippen LogP contribution in [0.15, 0.2) is 5.16 Å². The first-order valence-electron chi connectivity index (χ1n) is 2.96. The molecule has 5 heteroatoms. The molecule has 1 rings (SSSR count). The molecular formula is C5H9N3O2. The molecule has 56 valence electrons. The van der Waals surface area contributed by atoms with E-state index in [4.69, 9.17) is 16.3 Å². The van der Waals surface area contributed by atoms with Crippen molar-refractivity contribution in [2.24, 2.45) is 16.6 Å². The summed E-state index contributed by atoms with van der Waals surface area (Å²) in [5, 5.41) is 3.45. The van der Waals surface area contributed by atoms with Crippen molar-refractivity contribution < 1.29 is 9.63 Å². The molecule has 0 aromatic rings. The number of hydrogen-bond acceptors (Lipinski definition) is 4. The van der Waals surface area contributed by atoms with Crippen molar-refractivity contribution in [1.82, 2.24) is 0 Å². The van der Waals surface area contributed by atoms with E-state index in [2.05, 4.69) is 5.16 Å². The van der Waals surface area contributed by atoms with Crippen LogP contribution in [0.5, 0.6) is 0 Å². The van der Waals surface area contributed by atoms with Crippen LogP contribution in [0.1, 0.15) is 6.42 Å². The number of oxime groups is 1. The Morgan fingerprint density at radius 1 is 1.90 bits per heavy atom. The van der Waals surface area contributed by atoms with Crippen LogP contribution in [0.3, 0.4) is 0 Å². The molecule has 1 aliphatic heterocycles. The van der Waals surface area contributed by atoms with E-state index in [1.165, 1.54) is 0 Å². The number of carbonyl (C=O) groups is 1. The average Bonchev–Trinajstić information content (AvgIpc) is 2.34. The highest BCUT2D eigenvalue weighted by molar-refractivity contribution is 6.38. The van der Waals surface area contributed by atoms with E-state index in [0.717, 1.165) is 0 Å². The molecule has 0 aromatic heterocycles. The molecule has 0 saturated carbocycles. The highest BCUT2D eigenvalue weighted by Gasteiger charge is 2.22. The Morgan fingerprint density at radius 2 is 2.60 bits per heavy atom. The lowest BCUT2D eigenvalue weighted by atomic mass is 10.2. The fourth-order valence-corrected chi connectivity index (χ4v) is 0.700. The zero-order valence-electron chi connectivity index (χ0n) is 5.41. The molecule has 1 amide bonds. The normalized spacial score (nSPS) is 23.7. The molecule has 10 heavy (non-hydrogen) atoms. The first-order valence-corrected chi connectivity index (χ1v) is 2.96. The van der Waals surface area contributed by atoms with Crippen LogP contribution in [-0.2, 0) is 9.63 Å². The van der Waals surface area contributed by atoms with Gasteiger partial charge in [-0.3, -0.25) is 4.79 Å². The lowest BCUT2D eigenvalue weighted by molar-refractivity contribution is -0.112. The predicted molar refractivity (Wildman–Crippen MR) is 35.2 cm³/mol. The fourth-order valence-electron chi connectivity index (χ4n) is 0.700. The van der Waals surface area contributed by atoms with E-state index in [1.807, 2.05) is 0 Å².